The van der Waals surface area contributed by atoms with Gasteiger partial charge in [0.15, 0.2) is 6.29 Å². The summed E-state index contributed by atoms with van der Waals surface area (Å²) in [6.07, 6.45) is -5.45. The van der Waals surface area contributed by atoms with Crippen molar-refractivity contribution in [3.63, 3.8) is 0 Å². The molecule has 40 heavy (non-hydrogen) atoms. The smallest absolute Gasteiger partial charge is 0.337 e. The first-order valence-electron chi connectivity index (χ1n) is 13.5. The SMILES string of the molecule is C=CC1C(OC2OC(CO)C(O)C(O)C2O)OC=C(C(=O)OC2CC3CC(=O)OCC3C2C)C1CCOC(C)=O. The number of cyclic esters (lactones) is 1. The fourth-order valence-corrected chi connectivity index (χ4v) is 6.04. The zero-order valence-electron chi connectivity index (χ0n) is 22.5. The van der Waals surface area contributed by atoms with Crippen molar-refractivity contribution in [3.8, 4) is 0 Å². The van der Waals surface area contributed by atoms with Crippen LogP contribution in [-0.2, 0) is 42.8 Å². The molecule has 0 aromatic carbocycles. The van der Waals surface area contributed by atoms with Gasteiger partial charge in [-0.15, -0.1) is 6.58 Å². The average molecular weight is 571 g/mol. The third-order valence-corrected chi connectivity index (χ3v) is 8.39. The van der Waals surface area contributed by atoms with Gasteiger partial charge >= 0.3 is 17.9 Å². The van der Waals surface area contributed by atoms with Crippen LogP contribution in [0.5, 0.6) is 0 Å². The van der Waals surface area contributed by atoms with Gasteiger partial charge in [0.05, 0.1) is 31.7 Å². The third-order valence-electron chi connectivity index (χ3n) is 8.39. The maximum Gasteiger partial charge on any atom is 0.337 e. The number of ether oxygens (including phenoxy) is 6. The number of aliphatic hydroxyl groups excluding tert-OH is 4. The van der Waals surface area contributed by atoms with E-state index in [1.807, 2.05) is 6.92 Å². The molecule has 2 saturated heterocycles. The Bertz CT molecular complexity index is 979. The summed E-state index contributed by atoms with van der Waals surface area (Å²) in [6.45, 7) is 6.70. The molecule has 4 N–H and O–H groups in total. The fraction of sp³-hybridized carbons (Fsp3) is 0.741. The van der Waals surface area contributed by atoms with Crippen LogP contribution in [-0.4, -0.2) is 101 Å². The number of hydrogen-bond acceptors (Lipinski definition) is 13. The van der Waals surface area contributed by atoms with Gasteiger partial charge in [0.2, 0.25) is 6.29 Å². The third kappa shape index (κ3) is 6.34. The van der Waals surface area contributed by atoms with Crippen LogP contribution in [0.4, 0.5) is 0 Å². The molecule has 3 aliphatic heterocycles. The Morgan fingerprint density at radius 2 is 1.93 bits per heavy atom. The summed E-state index contributed by atoms with van der Waals surface area (Å²) in [7, 11) is 0. The minimum atomic E-state index is -1.66. The summed E-state index contributed by atoms with van der Waals surface area (Å²) in [5, 5.41) is 40.1. The molecule has 0 aromatic rings. The molecular formula is C27H38O13. The lowest BCUT2D eigenvalue weighted by molar-refractivity contribution is -0.339. The van der Waals surface area contributed by atoms with E-state index in [0.717, 1.165) is 0 Å². The molecular weight excluding hydrogens is 532 g/mol. The maximum absolute atomic E-state index is 13.4. The monoisotopic (exact) mass is 570 g/mol. The number of esters is 3. The quantitative estimate of drug-likeness (QED) is 0.159. The molecule has 0 radical (unpaired) electrons. The van der Waals surface area contributed by atoms with E-state index in [0.29, 0.717) is 13.0 Å². The van der Waals surface area contributed by atoms with E-state index in [1.54, 1.807) is 0 Å². The fourth-order valence-electron chi connectivity index (χ4n) is 6.04. The van der Waals surface area contributed by atoms with Gasteiger partial charge in [0.25, 0.3) is 0 Å². The summed E-state index contributed by atoms with van der Waals surface area (Å²) in [6, 6.07) is 0. The molecule has 4 rings (SSSR count). The van der Waals surface area contributed by atoms with E-state index in [4.69, 9.17) is 28.4 Å². The van der Waals surface area contributed by atoms with Crippen LogP contribution in [0.2, 0.25) is 0 Å². The van der Waals surface area contributed by atoms with Crippen LogP contribution in [0, 0.1) is 29.6 Å². The van der Waals surface area contributed by atoms with Gasteiger partial charge in [0.1, 0.15) is 30.5 Å². The van der Waals surface area contributed by atoms with E-state index in [9.17, 15) is 34.8 Å². The van der Waals surface area contributed by atoms with Gasteiger partial charge in [-0.3, -0.25) is 9.59 Å². The van der Waals surface area contributed by atoms with Crippen molar-refractivity contribution >= 4 is 17.9 Å². The Kier molecular flexibility index (Phi) is 9.85. The highest BCUT2D eigenvalue weighted by Crippen LogP contribution is 2.44. The van der Waals surface area contributed by atoms with Gasteiger partial charge in [-0.25, -0.2) is 4.79 Å². The second-order valence-electron chi connectivity index (χ2n) is 10.8. The summed E-state index contributed by atoms with van der Waals surface area (Å²) in [4.78, 5) is 36.6. The van der Waals surface area contributed by atoms with E-state index < -0.39 is 73.5 Å². The first kappa shape index (κ1) is 30.4. The van der Waals surface area contributed by atoms with Gasteiger partial charge < -0.3 is 48.8 Å². The summed E-state index contributed by atoms with van der Waals surface area (Å²) >= 11 is 0. The highest BCUT2D eigenvalue weighted by molar-refractivity contribution is 5.89. The molecule has 12 unspecified atom stereocenters. The van der Waals surface area contributed by atoms with Crippen molar-refractivity contribution in [2.75, 3.05) is 19.8 Å². The van der Waals surface area contributed by atoms with Gasteiger partial charge in [-0.2, -0.15) is 0 Å². The first-order chi connectivity index (χ1) is 19.0. The molecule has 13 heteroatoms. The van der Waals surface area contributed by atoms with Crippen LogP contribution in [0.1, 0.15) is 33.1 Å². The summed E-state index contributed by atoms with van der Waals surface area (Å²) < 4.78 is 33.2. The topological polar surface area (TPSA) is 188 Å². The summed E-state index contributed by atoms with van der Waals surface area (Å²) in [5.74, 6) is -2.59. The number of carbonyl (C=O) groups excluding carboxylic acids is 3. The average Bonchev–Trinajstić information content (AvgIpc) is 3.22. The predicted molar refractivity (Wildman–Crippen MR) is 132 cm³/mol. The maximum atomic E-state index is 13.4. The van der Waals surface area contributed by atoms with Gasteiger partial charge in [0, 0.05) is 31.1 Å². The van der Waals surface area contributed by atoms with Crippen molar-refractivity contribution in [1.82, 2.24) is 0 Å². The van der Waals surface area contributed by atoms with E-state index >= 15 is 0 Å². The lowest BCUT2D eigenvalue weighted by Gasteiger charge is -2.43. The lowest BCUT2D eigenvalue weighted by atomic mass is 9.81. The lowest BCUT2D eigenvalue weighted by Crippen LogP contribution is -2.60. The second kappa shape index (κ2) is 13.0. The molecule has 1 saturated carbocycles. The van der Waals surface area contributed by atoms with Crippen molar-refractivity contribution in [1.29, 1.82) is 0 Å². The molecule has 0 amide bonds. The largest absolute Gasteiger partial charge is 0.471 e. The highest BCUT2D eigenvalue weighted by Gasteiger charge is 2.49. The minimum absolute atomic E-state index is 0.0227. The number of carbonyl (C=O) groups is 3. The Morgan fingerprint density at radius 1 is 1.18 bits per heavy atom. The van der Waals surface area contributed by atoms with Crippen LogP contribution < -0.4 is 0 Å². The molecule has 3 heterocycles. The number of hydrogen-bond donors (Lipinski definition) is 4. The van der Waals surface area contributed by atoms with E-state index in [1.165, 1.54) is 19.3 Å². The summed E-state index contributed by atoms with van der Waals surface area (Å²) in [5.41, 5.74) is 0.167. The number of aliphatic hydroxyl groups is 4. The van der Waals surface area contributed by atoms with Crippen molar-refractivity contribution in [2.24, 2.45) is 29.6 Å². The number of fused-ring (bicyclic) bond motifs is 1. The van der Waals surface area contributed by atoms with Crippen LogP contribution in [0.3, 0.4) is 0 Å². The van der Waals surface area contributed by atoms with Gasteiger partial charge in [-0.05, 0) is 24.7 Å². The number of rotatable bonds is 9. The van der Waals surface area contributed by atoms with E-state index in [2.05, 4.69) is 6.58 Å². The zero-order valence-corrected chi connectivity index (χ0v) is 22.5. The molecule has 224 valence electrons. The standard InChI is InChI=1S/C27H38O13/c1-4-15-16(5-6-35-13(3)29)18(25(34)38-19-7-14-8-21(30)36-10-17(14)12(19)2)11-37-26(15)40-27-24(33)23(32)22(31)20(9-28)39-27/h4,11-12,14-17,19-20,22-24,26-28,31-33H,1,5-10H2,2-3H3. The Balaban J connectivity index is 1.50. The van der Waals surface area contributed by atoms with Crippen molar-refractivity contribution < 1.29 is 63.2 Å². The van der Waals surface area contributed by atoms with Crippen molar-refractivity contribution in [3.05, 3.63) is 24.5 Å². The van der Waals surface area contributed by atoms with E-state index in [-0.39, 0.29) is 48.7 Å². The van der Waals surface area contributed by atoms with Gasteiger partial charge in [-0.1, -0.05) is 13.0 Å². The molecule has 0 bridgehead atoms. The molecule has 4 aliphatic rings. The van der Waals surface area contributed by atoms with Crippen LogP contribution in [0.15, 0.2) is 24.5 Å². The zero-order chi connectivity index (χ0) is 29.1. The van der Waals surface area contributed by atoms with Crippen LogP contribution >= 0.6 is 0 Å². The molecule has 1 aliphatic carbocycles. The Hall–Kier alpha value is -2.55. The van der Waals surface area contributed by atoms with Crippen molar-refractivity contribution in [2.45, 2.75) is 76.2 Å². The molecule has 3 fully saturated rings. The Labute approximate surface area is 231 Å². The first-order valence-corrected chi connectivity index (χ1v) is 13.5. The Morgan fingerprint density at radius 3 is 2.60 bits per heavy atom. The minimum Gasteiger partial charge on any atom is -0.471 e. The normalized spacial score (nSPS) is 41.1. The van der Waals surface area contributed by atoms with Crippen LogP contribution in [0.25, 0.3) is 0 Å². The predicted octanol–water partition coefficient (Wildman–Crippen LogP) is -0.454. The molecule has 13 nitrogen and oxygen atoms in total. The highest BCUT2D eigenvalue weighted by atomic mass is 16.8. The molecule has 12 atom stereocenters. The molecule has 0 spiro atoms. The second-order valence-corrected chi connectivity index (χ2v) is 10.8. The molecule has 0 aromatic heterocycles.